The molecule has 3 rings (SSSR count). The van der Waals surface area contributed by atoms with Gasteiger partial charge < -0.3 is 9.69 Å². The number of aromatic nitrogens is 1. The lowest BCUT2D eigenvalue weighted by Gasteiger charge is -2.21. The van der Waals surface area contributed by atoms with Crippen molar-refractivity contribution in [2.24, 2.45) is 0 Å². The maximum atomic E-state index is 12.8. The lowest BCUT2D eigenvalue weighted by molar-refractivity contribution is -0.111. The second-order valence-corrected chi connectivity index (χ2v) is 6.17. The van der Waals surface area contributed by atoms with Crippen LogP contribution in [0.2, 0.25) is 0 Å². The number of carbonyl (C=O) groups excluding carboxylic acids is 2. The summed E-state index contributed by atoms with van der Waals surface area (Å²) < 4.78 is 0. The molecule has 0 bridgehead atoms. The van der Waals surface area contributed by atoms with Crippen molar-refractivity contribution in [1.29, 1.82) is 0 Å². The third-order valence-electron chi connectivity index (χ3n) is 3.69. The first kappa shape index (κ1) is 14.8. The Bertz CT molecular complexity index is 675. The minimum Gasteiger partial charge on any atom is -0.329 e. The van der Waals surface area contributed by atoms with Crippen molar-refractivity contribution in [1.82, 2.24) is 9.88 Å². The average molecular weight is 312 g/mol. The first-order chi connectivity index (χ1) is 10.8. The van der Waals surface area contributed by atoms with Gasteiger partial charge in [-0.1, -0.05) is 30.0 Å². The number of likely N-dealkylation sites (tertiary alicyclic amines) is 1. The summed E-state index contributed by atoms with van der Waals surface area (Å²) in [7, 11) is 0. The van der Waals surface area contributed by atoms with Crippen LogP contribution >= 0.6 is 11.8 Å². The van der Waals surface area contributed by atoms with Crippen LogP contribution < -0.4 is 0 Å². The van der Waals surface area contributed by atoms with Gasteiger partial charge in [-0.15, -0.1) is 0 Å². The quantitative estimate of drug-likeness (QED) is 0.814. The van der Waals surface area contributed by atoms with E-state index in [-0.39, 0.29) is 11.9 Å². The summed E-state index contributed by atoms with van der Waals surface area (Å²) in [6.07, 6.45) is 4.24. The summed E-state index contributed by atoms with van der Waals surface area (Å²) in [6, 6.07) is 12.9. The molecule has 0 aliphatic carbocycles. The van der Waals surface area contributed by atoms with Crippen LogP contribution in [-0.4, -0.2) is 34.7 Å². The van der Waals surface area contributed by atoms with Crippen LogP contribution in [0.15, 0.2) is 58.6 Å². The molecular formula is C17H16N2O2S. The lowest BCUT2D eigenvalue weighted by Crippen LogP contribution is -2.36. The van der Waals surface area contributed by atoms with Crippen LogP contribution in [0.4, 0.5) is 0 Å². The molecule has 1 atom stereocenters. The predicted octanol–water partition coefficient (Wildman–Crippen LogP) is 3.04. The normalized spacial score (nSPS) is 17.5. The molecule has 1 aromatic carbocycles. The van der Waals surface area contributed by atoms with Gasteiger partial charge in [-0.05, 0) is 37.1 Å². The van der Waals surface area contributed by atoms with E-state index >= 15 is 0 Å². The first-order valence-corrected chi connectivity index (χ1v) is 8.05. The minimum atomic E-state index is -0.291. The Morgan fingerprint density at radius 2 is 2.05 bits per heavy atom. The molecule has 22 heavy (non-hydrogen) atoms. The number of hydrogen-bond donors (Lipinski definition) is 0. The fourth-order valence-corrected chi connectivity index (χ4v) is 3.49. The van der Waals surface area contributed by atoms with E-state index in [1.165, 1.54) is 11.8 Å². The van der Waals surface area contributed by atoms with Crippen molar-refractivity contribution in [2.75, 3.05) is 6.54 Å². The molecule has 1 aliphatic rings. The Labute approximate surface area is 133 Å². The number of rotatable bonds is 4. The van der Waals surface area contributed by atoms with E-state index in [4.69, 9.17) is 0 Å². The van der Waals surface area contributed by atoms with E-state index in [0.29, 0.717) is 12.1 Å². The number of amides is 1. The standard InChI is InChI=1S/C17H16N2O2S/c20-12-13-6-5-11-19(13)17(21)14-7-1-2-8-15(14)22-16-9-3-4-10-18-16/h1-4,7-10,12-13H,5-6,11H2. The van der Waals surface area contributed by atoms with E-state index in [9.17, 15) is 9.59 Å². The van der Waals surface area contributed by atoms with Crippen LogP contribution in [-0.2, 0) is 4.79 Å². The molecule has 4 nitrogen and oxygen atoms in total. The molecule has 112 valence electrons. The molecule has 0 radical (unpaired) electrons. The molecule has 1 fully saturated rings. The molecule has 0 saturated carbocycles. The monoisotopic (exact) mass is 312 g/mol. The summed E-state index contributed by atoms with van der Waals surface area (Å²) in [4.78, 5) is 30.7. The SMILES string of the molecule is O=CC1CCCN1C(=O)c1ccccc1Sc1ccccn1. The third-order valence-corrected chi connectivity index (χ3v) is 4.71. The molecular weight excluding hydrogens is 296 g/mol. The van der Waals surface area contributed by atoms with E-state index in [0.717, 1.165) is 29.0 Å². The van der Waals surface area contributed by atoms with Crippen molar-refractivity contribution in [3.63, 3.8) is 0 Å². The van der Waals surface area contributed by atoms with E-state index in [1.807, 2.05) is 42.5 Å². The number of carbonyl (C=O) groups is 2. The molecule has 1 unspecified atom stereocenters. The molecule has 1 aliphatic heterocycles. The zero-order chi connectivity index (χ0) is 15.4. The molecule has 5 heteroatoms. The van der Waals surface area contributed by atoms with Crippen LogP contribution in [0, 0.1) is 0 Å². The number of nitrogens with zero attached hydrogens (tertiary/aromatic N) is 2. The van der Waals surface area contributed by atoms with Gasteiger partial charge in [0.05, 0.1) is 11.6 Å². The second-order valence-electron chi connectivity index (χ2n) is 5.11. The summed E-state index contributed by atoms with van der Waals surface area (Å²) in [5.41, 5.74) is 0.631. The maximum Gasteiger partial charge on any atom is 0.255 e. The van der Waals surface area contributed by atoms with Gasteiger partial charge in [0.25, 0.3) is 5.91 Å². The van der Waals surface area contributed by atoms with E-state index < -0.39 is 0 Å². The molecule has 0 N–H and O–H groups in total. The Balaban J connectivity index is 1.88. The van der Waals surface area contributed by atoms with Crippen LogP contribution in [0.5, 0.6) is 0 Å². The van der Waals surface area contributed by atoms with Gasteiger partial charge in [0.1, 0.15) is 11.3 Å². The van der Waals surface area contributed by atoms with Crippen LogP contribution in [0.1, 0.15) is 23.2 Å². The smallest absolute Gasteiger partial charge is 0.255 e. The average Bonchev–Trinajstić information content (AvgIpc) is 3.04. The zero-order valence-electron chi connectivity index (χ0n) is 12.0. The summed E-state index contributed by atoms with van der Waals surface area (Å²) in [5, 5.41) is 0.844. The van der Waals surface area contributed by atoms with Gasteiger partial charge in [0.15, 0.2) is 0 Å². The van der Waals surface area contributed by atoms with Gasteiger partial charge in [-0.2, -0.15) is 0 Å². The minimum absolute atomic E-state index is 0.0753. The van der Waals surface area contributed by atoms with Crippen molar-refractivity contribution in [3.8, 4) is 0 Å². The van der Waals surface area contributed by atoms with Crippen molar-refractivity contribution < 1.29 is 9.59 Å². The number of pyridine rings is 1. The molecule has 1 aromatic heterocycles. The molecule has 2 aromatic rings. The van der Waals surface area contributed by atoms with E-state index in [1.54, 1.807) is 11.1 Å². The predicted molar refractivity (Wildman–Crippen MR) is 84.9 cm³/mol. The van der Waals surface area contributed by atoms with Crippen molar-refractivity contribution in [2.45, 2.75) is 28.8 Å². The molecule has 2 heterocycles. The van der Waals surface area contributed by atoms with Crippen LogP contribution in [0.25, 0.3) is 0 Å². The lowest BCUT2D eigenvalue weighted by atomic mass is 10.2. The number of aldehydes is 1. The van der Waals surface area contributed by atoms with Crippen LogP contribution in [0.3, 0.4) is 0 Å². The molecule has 0 spiro atoms. The Hall–Kier alpha value is -2.14. The Morgan fingerprint density at radius 3 is 2.82 bits per heavy atom. The summed E-state index contributed by atoms with van der Waals surface area (Å²) in [5.74, 6) is -0.0753. The summed E-state index contributed by atoms with van der Waals surface area (Å²) >= 11 is 1.46. The first-order valence-electron chi connectivity index (χ1n) is 7.24. The highest BCUT2D eigenvalue weighted by atomic mass is 32.2. The summed E-state index contributed by atoms with van der Waals surface area (Å²) in [6.45, 7) is 0.644. The molecule has 1 saturated heterocycles. The van der Waals surface area contributed by atoms with Gasteiger partial charge in [0.2, 0.25) is 0 Å². The van der Waals surface area contributed by atoms with Gasteiger partial charge in [-0.25, -0.2) is 4.98 Å². The highest BCUT2D eigenvalue weighted by Gasteiger charge is 2.30. The molecule has 1 amide bonds. The topological polar surface area (TPSA) is 50.3 Å². The second kappa shape index (κ2) is 6.75. The van der Waals surface area contributed by atoms with Gasteiger partial charge in [-0.3, -0.25) is 4.79 Å². The highest BCUT2D eigenvalue weighted by Crippen LogP contribution is 2.30. The maximum absolute atomic E-state index is 12.8. The fourth-order valence-electron chi connectivity index (χ4n) is 2.59. The third kappa shape index (κ3) is 3.04. The van der Waals surface area contributed by atoms with Crippen molar-refractivity contribution in [3.05, 3.63) is 54.2 Å². The highest BCUT2D eigenvalue weighted by molar-refractivity contribution is 7.99. The number of hydrogen-bond acceptors (Lipinski definition) is 4. The van der Waals surface area contributed by atoms with Gasteiger partial charge in [0, 0.05) is 17.6 Å². The Morgan fingerprint density at radius 1 is 1.23 bits per heavy atom. The fraction of sp³-hybridized carbons (Fsp3) is 0.235. The van der Waals surface area contributed by atoms with E-state index in [2.05, 4.69) is 4.98 Å². The van der Waals surface area contributed by atoms with Crippen molar-refractivity contribution >= 4 is 24.0 Å². The largest absolute Gasteiger partial charge is 0.329 e. The number of benzene rings is 1. The van der Waals surface area contributed by atoms with Gasteiger partial charge >= 0.3 is 0 Å². The zero-order valence-corrected chi connectivity index (χ0v) is 12.8. The Kier molecular flexibility index (Phi) is 4.53.